The smallest absolute Gasteiger partial charge is 0.254 e. The molecular weight excluding hydrogens is 332 g/mol. The van der Waals surface area contributed by atoms with Crippen molar-refractivity contribution in [1.29, 1.82) is 0 Å². The number of benzene rings is 1. The van der Waals surface area contributed by atoms with Crippen LogP contribution >= 0.6 is 11.8 Å². The van der Waals surface area contributed by atoms with Crippen molar-refractivity contribution in [3.8, 4) is 0 Å². The number of pyridine rings is 1. The Balaban J connectivity index is 1.89. The number of aromatic nitrogens is 3. The minimum atomic E-state index is -0.171. The summed E-state index contributed by atoms with van der Waals surface area (Å²) >= 11 is 1.47. The van der Waals surface area contributed by atoms with Gasteiger partial charge in [-0.1, -0.05) is 26.0 Å². The highest BCUT2D eigenvalue weighted by molar-refractivity contribution is 7.98. The number of nitrogens with zero attached hydrogens (tertiary/aromatic N) is 2. The van der Waals surface area contributed by atoms with Crippen LogP contribution < -0.4 is 5.32 Å². The third-order valence-electron chi connectivity index (χ3n) is 3.96. The number of nitrogens with one attached hydrogen (secondary N) is 2. The molecule has 0 radical (unpaired) electrons. The minimum Gasteiger partial charge on any atom is -0.342 e. The first-order valence-electron chi connectivity index (χ1n) is 8.33. The Morgan fingerprint density at radius 1 is 1.24 bits per heavy atom. The van der Waals surface area contributed by atoms with Crippen LogP contribution in [-0.2, 0) is 0 Å². The van der Waals surface area contributed by atoms with Crippen LogP contribution in [-0.4, -0.2) is 27.1 Å². The van der Waals surface area contributed by atoms with Gasteiger partial charge in [0.05, 0.1) is 22.6 Å². The molecule has 0 fully saturated rings. The Hall–Kier alpha value is -2.34. The molecule has 1 amide bonds. The maximum atomic E-state index is 12.8. The lowest BCUT2D eigenvalue weighted by atomic mass is 10.0. The third kappa shape index (κ3) is 4.02. The number of hydrogen-bond acceptors (Lipinski definition) is 4. The van der Waals surface area contributed by atoms with Gasteiger partial charge >= 0.3 is 0 Å². The number of carbonyl (C=O) groups is 1. The Morgan fingerprint density at radius 3 is 2.76 bits per heavy atom. The first-order valence-corrected chi connectivity index (χ1v) is 9.55. The molecule has 5 nitrogen and oxygen atoms in total. The van der Waals surface area contributed by atoms with E-state index in [9.17, 15) is 4.79 Å². The molecule has 2 N–H and O–H groups in total. The van der Waals surface area contributed by atoms with Gasteiger partial charge in [0.1, 0.15) is 10.9 Å². The van der Waals surface area contributed by atoms with E-state index in [0.717, 1.165) is 28.3 Å². The van der Waals surface area contributed by atoms with Crippen LogP contribution in [0.25, 0.3) is 11.0 Å². The van der Waals surface area contributed by atoms with Crippen LogP contribution in [0.1, 0.15) is 42.5 Å². The van der Waals surface area contributed by atoms with Crippen LogP contribution in [0, 0.1) is 5.92 Å². The van der Waals surface area contributed by atoms with Crippen molar-refractivity contribution in [2.75, 3.05) is 6.26 Å². The van der Waals surface area contributed by atoms with E-state index in [1.54, 1.807) is 18.3 Å². The second-order valence-electron chi connectivity index (χ2n) is 6.36. The number of hydrogen-bond donors (Lipinski definition) is 2. The Kier molecular flexibility index (Phi) is 5.38. The third-order valence-corrected chi connectivity index (χ3v) is 4.67. The quantitative estimate of drug-likeness (QED) is 0.651. The first-order chi connectivity index (χ1) is 12.1. The molecule has 0 saturated carbocycles. The summed E-state index contributed by atoms with van der Waals surface area (Å²) in [5, 5.41) is 3.86. The van der Waals surface area contributed by atoms with Crippen molar-refractivity contribution < 1.29 is 4.79 Å². The number of para-hydroxylation sites is 2. The van der Waals surface area contributed by atoms with Crippen LogP contribution in [0.5, 0.6) is 0 Å². The van der Waals surface area contributed by atoms with E-state index >= 15 is 0 Å². The summed E-state index contributed by atoms with van der Waals surface area (Å²) in [6, 6.07) is 11.3. The molecule has 0 aliphatic carbocycles. The van der Waals surface area contributed by atoms with Gasteiger partial charge in [-0.3, -0.25) is 4.79 Å². The van der Waals surface area contributed by atoms with Crippen LogP contribution in [0.3, 0.4) is 0 Å². The van der Waals surface area contributed by atoms with Gasteiger partial charge < -0.3 is 10.3 Å². The SMILES string of the molecule is CSc1ncccc1C(=O)N[C@H](CC(C)C)c1nc2ccccc2[nH]1. The van der Waals surface area contributed by atoms with Gasteiger partial charge in [-0.25, -0.2) is 9.97 Å². The predicted molar refractivity (Wildman–Crippen MR) is 102 cm³/mol. The molecule has 25 heavy (non-hydrogen) atoms. The summed E-state index contributed by atoms with van der Waals surface area (Å²) in [5.41, 5.74) is 2.48. The molecule has 0 unspecified atom stereocenters. The van der Waals surface area contributed by atoms with E-state index in [1.807, 2.05) is 30.5 Å². The molecule has 0 bridgehead atoms. The highest BCUT2D eigenvalue weighted by Gasteiger charge is 2.22. The average Bonchev–Trinajstić information content (AvgIpc) is 3.04. The number of fused-ring (bicyclic) bond motifs is 1. The average molecular weight is 354 g/mol. The molecule has 6 heteroatoms. The number of rotatable bonds is 6. The molecule has 3 rings (SSSR count). The zero-order chi connectivity index (χ0) is 17.8. The van der Waals surface area contributed by atoms with E-state index in [-0.39, 0.29) is 11.9 Å². The molecule has 0 aliphatic heterocycles. The van der Waals surface area contributed by atoms with Gasteiger partial charge in [-0.15, -0.1) is 11.8 Å². The van der Waals surface area contributed by atoms with Gasteiger partial charge in [0.2, 0.25) is 0 Å². The van der Waals surface area contributed by atoms with Crippen molar-refractivity contribution in [1.82, 2.24) is 20.3 Å². The molecular formula is C19H22N4OS. The Morgan fingerprint density at radius 2 is 2.04 bits per heavy atom. The number of amides is 1. The zero-order valence-electron chi connectivity index (χ0n) is 14.6. The summed E-state index contributed by atoms with van der Waals surface area (Å²) < 4.78 is 0. The van der Waals surface area contributed by atoms with Crippen LogP contribution in [0.15, 0.2) is 47.6 Å². The van der Waals surface area contributed by atoms with Crippen molar-refractivity contribution in [2.45, 2.75) is 31.3 Å². The lowest BCUT2D eigenvalue weighted by molar-refractivity contribution is 0.0926. The Labute approximate surface area is 151 Å². The number of carbonyl (C=O) groups excluding carboxylic acids is 1. The molecule has 3 aromatic rings. The normalized spacial score (nSPS) is 12.5. The van der Waals surface area contributed by atoms with Crippen molar-refractivity contribution >= 4 is 28.7 Å². The van der Waals surface area contributed by atoms with Crippen molar-refractivity contribution in [3.05, 3.63) is 54.0 Å². The second kappa shape index (κ2) is 7.70. The topological polar surface area (TPSA) is 70.7 Å². The standard InChI is InChI=1S/C19H22N4OS/c1-12(2)11-16(17-21-14-8-4-5-9-15(14)22-17)23-18(24)13-7-6-10-20-19(13)25-3/h4-10,12,16H,11H2,1-3H3,(H,21,22)(H,23,24)/t16-/m1/s1. The van der Waals surface area contributed by atoms with Gasteiger partial charge in [-0.05, 0) is 42.9 Å². The predicted octanol–water partition coefficient (Wildman–Crippen LogP) is 4.20. The molecule has 2 aromatic heterocycles. The largest absolute Gasteiger partial charge is 0.342 e. The van der Waals surface area contributed by atoms with E-state index in [4.69, 9.17) is 0 Å². The maximum Gasteiger partial charge on any atom is 0.254 e. The number of aromatic amines is 1. The molecule has 130 valence electrons. The summed E-state index contributed by atoms with van der Waals surface area (Å²) in [6.07, 6.45) is 4.43. The number of thioether (sulfide) groups is 1. The fourth-order valence-corrected chi connectivity index (χ4v) is 3.36. The first kappa shape index (κ1) is 17.5. The highest BCUT2D eigenvalue weighted by atomic mass is 32.2. The summed E-state index contributed by atoms with van der Waals surface area (Å²) in [6.45, 7) is 4.28. The zero-order valence-corrected chi connectivity index (χ0v) is 15.4. The molecule has 1 aromatic carbocycles. The second-order valence-corrected chi connectivity index (χ2v) is 7.15. The number of imidazole rings is 1. The van der Waals surface area contributed by atoms with Crippen molar-refractivity contribution in [3.63, 3.8) is 0 Å². The maximum absolute atomic E-state index is 12.8. The Bertz CT molecular complexity index is 841. The lowest BCUT2D eigenvalue weighted by Gasteiger charge is -2.19. The summed E-state index contributed by atoms with van der Waals surface area (Å²) in [7, 11) is 0. The van der Waals surface area contributed by atoms with Crippen LogP contribution in [0.4, 0.5) is 0 Å². The summed E-state index contributed by atoms with van der Waals surface area (Å²) in [5.74, 6) is 1.09. The number of H-pyrrole nitrogens is 1. The summed E-state index contributed by atoms with van der Waals surface area (Å²) in [4.78, 5) is 25.1. The van der Waals surface area contributed by atoms with Gasteiger partial charge in [0.25, 0.3) is 5.91 Å². The van der Waals surface area contributed by atoms with E-state index in [0.29, 0.717) is 11.5 Å². The van der Waals surface area contributed by atoms with E-state index in [2.05, 4.69) is 34.1 Å². The molecule has 1 atom stereocenters. The molecule has 0 aliphatic rings. The molecule has 0 saturated heterocycles. The fraction of sp³-hybridized carbons (Fsp3) is 0.316. The molecule has 0 spiro atoms. The molecule has 2 heterocycles. The van der Waals surface area contributed by atoms with E-state index in [1.165, 1.54) is 11.8 Å². The van der Waals surface area contributed by atoms with Crippen molar-refractivity contribution in [2.24, 2.45) is 5.92 Å². The van der Waals surface area contributed by atoms with Crippen LogP contribution in [0.2, 0.25) is 0 Å². The van der Waals surface area contributed by atoms with Gasteiger partial charge in [0, 0.05) is 6.20 Å². The van der Waals surface area contributed by atoms with Gasteiger partial charge in [-0.2, -0.15) is 0 Å². The lowest BCUT2D eigenvalue weighted by Crippen LogP contribution is -2.30. The highest BCUT2D eigenvalue weighted by Crippen LogP contribution is 2.24. The monoisotopic (exact) mass is 354 g/mol. The van der Waals surface area contributed by atoms with E-state index < -0.39 is 0 Å². The fourth-order valence-electron chi connectivity index (χ4n) is 2.81. The minimum absolute atomic E-state index is 0.122. The van der Waals surface area contributed by atoms with Gasteiger partial charge in [0.15, 0.2) is 0 Å².